The van der Waals surface area contributed by atoms with Crippen LogP contribution in [0.3, 0.4) is 0 Å². The van der Waals surface area contributed by atoms with Crippen LogP contribution >= 0.6 is 0 Å². The number of hydrogen-bond donors (Lipinski definition) is 1. The molecule has 1 atom stereocenters. The van der Waals surface area contributed by atoms with Gasteiger partial charge in [0.2, 0.25) is 5.91 Å². The normalized spacial score (nSPS) is 20.4. The second kappa shape index (κ2) is 5.09. The van der Waals surface area contributed by atoms with E-state index < -0.39 is 0 Å². The van der Waals surface area contributed by atoms with Crippen LogP contribution in [0.25, 0.3) is 0 Å². The number of hydrogen-bond acceptors (Lipinski definition) is 3. The number of carbonyl (C=O) groups is 1. The van der Waals surface area contributed by atoms with Crippen molar-refractivity contribution in [3.05, 3.63) is 35.9 Å². The lowest BCUT2D eigenvalue weighted by Gasteiger charge is -2.18. The van der Waals surface area contributed by atoms with Gasteiger partial charge in [0.1, 0.15) is 0 Å². The second-order valence-corrected chi connectivity index (χ2v) is 3.99. The molecule has 1 amide bonds. The smallest absolute Gasteiger partial charge is 0.236 e. The molecule has 2 rings (SSSR count). The molecule has 16 heavy (non-hydrogen) atoms. The van der Waals surface area contributed by atoms with Crippen molar-refractivity contribution in [2.45, 2.75) is 25.5 Å². The summed E-state index contributed by atoms with van der Waals surface area (Å²) in [5.41, 5.74) is 1.13. The van der Waals surface area contributed by atoms with E-state index in [1.807, 2.05) is 30.3 Å². The van der Waals surface area contributed by atoms with Gasteiger partial charge in [0, 0.05) is 6.42 Å². The Morgan fingerprint density at radius 2 is 2.12 bits per heavy atom. The van der Waals surface area contributed by atoms with E-state index in [-0.39, 0.29) is 11.9 Å². The van der Waals surface area contributed by atoms with Crippen LogP contribution in [0.2, 0.25) is 0 Å². The van der Waals surface area contributed by atoms with E-state index in [0.29, 0.717) is 19.6 Å². The Bertz CT molecular complexity index is 353. The molecule has 1 saturated heterocycles. The van der Waals surface area contributed by atoms with Crippen molar-refractivity contribution in [1.82, 2.24) is 5.01 Å². The maximum atomic E-state index is 11.2. The number of ether oxygens (including phenoxy) is 1. The molecule has 4 nitrogen and oxygen atoms in total. The van der Waals surface area contributed by atoms with Crippen molar-refractivity contribution < 1.29 is 9.53 Å². The largest absolute Gasteiger partial charge is 0.375 e. The summed E-state index contributed by atoms with van der Waals surface area (Å²) in [6.07, 6.45) is 1.33. The molecule has 86 valence electrons. The zero-order valence-electron chi connectivity index (χ0n) is 9.13. The highest BCUT2D eigenvalue weighted by molar-refractivity contribution is 5.78. The van der Waals surface area contributed by atoms with E-state index in [1.165, 1.54) is 5.01 Å². The summed E-state index contributed by atoms with van der Waals surface area (Å²) in [5.74, 6) is 5.61. The molecular formula is C12H16N2O2. The topological polar surface area (TPSA) is 55.6 Å². The van der Waals surface area contributed by atoms with Crippen LogP contribution in [0.5, 0.6) is 0 Å². The van der Waals surface area contributed by atoms with E-state index in [1.54, 1.807) is 0 Å². The fraction of sp³-hybridized carbons (Fsp3) is 0.417. The van der Waals surface area contributed by atoms with Gasteiger partial charge in [-0.1, -0.05) is 30.3 Å². The highest BCUT2D eigenvalue weighted by Crippen LogP contribution is 2.15. The summed E-state index contributed by atoms with van der Waals surface area (Å²) >= 11 is 0. The van der Waals surface area contributed by atoms with Gasteiger partial charge in [-0.25, -0.2) is 5.84 Å². The molecule has 0 unspecified atom stereocenters. The van der Waals surface area contributed by atoms with Crippen molar-refractivity contribution >= 4 is 5.91 Å². The molecule has 1 aliphatic heterocycles. The number of benzene rings is 1. The number of amides is 1. The fourth-order valence-electron chi connectivity index (χ4n) is 1.81. The molecule has 0 saturated carbocycles. The zero-order chi connectivity index (χ0) is 11.4. The van der Waals surface area contributed by atoms with Gasteiger partial charge in [-0.05, 0) is 12.0 Å². The minimum Gasteiger partial charge on any atom is -0.375 e. The number of rotatable bonds is 4. The van der Waals surface area contributed by atoms with Crippen molar-refractivity contribution in [3.63, 3.8) is 0 Å². The Balaban J connectivity index is 1.75. The monoisotopic (exact) mass is 220 g/mol. The number of nitrogens with two attached hydrogens (primary N) is 1. The molecule has 1 aromatic rings. The number of nitrogens with zero attached hydrogens (tertiary/aromatic N) is 1. The number of hydrazine groups is 1. The highest BCUT2D eigenvalue weighted by Gasteiger charge is 2.28. The third-order valence-electron chi connectivity index (χ3n) is 2.79. The van der Waals surface area contributed by atoms with E-state index in [4.69, 9.17) is 10.6 Å². The quantitative estimate of drug-likeness (QED) is 0.610. The van der Waals surface area contributed by atoms with Crippen LogP contribution in [0, 0.1) is 0 Å². The average molecular weight is 220 g/mol. The van der Waals surface area contributed by atoms with E-state index >= 15 is 0 Å². The molecule has 1 aromatic carbocycles. The SMILES string of the molecule is NN1C(=O)CC[C@H]1COCc1ccccc1. The van der Waals surface area contributed by atoms with Gasteiger partial charge >= 0.3 is 0 Å². The standard InChI is InChI=1S/C12H16N2O2/c13-14-11(6-7-12(14)15)9-16-8-10-4-2-1-3-5-10/h1-5,11H,6-9,13H2/t11-/m0/s1. The predicted octanol–water partition coefficient (Wildman–Crippen LogP) is 1.07. The molecule has 0 spiro atoms. The van der Waals surface area contributed by atoms with Gasteiger partial charge in [-0.2, -0.15) is 0 Å². The van der Waals surface area contributed by atoms with Crippen molar-refractivity contribution in [3.8, 4) is 0 Å². The Kier molecular flexibility index (Phi) is 3.54. The molecule has 1 aliphatic rings. The summed E-state index contributed by atoms with van der Waals surface area (Å²) in [4.78, 5) is 11.2. The molecule has 1 heterocycles. The van der Waals surface area contributed by atoms with Gasteiger partial charge < -0.3 is 4.74 Å². The first-order valence-electron chi connectivity index (χ1n) is 5.46. The first-order valence-corrected chi connectivity index (χ1v) is 5.46. The lowest BCUT2D eigenvalue weighted by molar-refractivity contribution is -0.130. The third-order valence-corrected chi connectivity index (χ3v) is 2.79. The summed E-state index contributed by atoms with van der Waals surface area (Å²) in [6.45, 7) is 1.08. The lowest BCUT2D eigenvalue weighted by atomic mass is 10.2. The molecule has 2 N–H and O–H groups in total. The molecule has 0 bridgehead atoms. The van der Waals surface area contributed by atoms with E-state index in [2.05, 4.69) is 0 Å². The first kappa shape index (κ1) is 11.1. The molecule has 0 radical (unpaired) electrons. The minimum absolute atomic E-state index is 0.00770. The fourth-order valence-corrected chi connectivity index (χ4v) is 1.81. The van der Waals surface area contributed by atoms with Gasteiger partial charge in [-0.3, -0.25) is 9.80 Å². The van der Waals surface area contributed by atoms with Gasteiger partial charge in [-0.15, -0.1) is 0 Å². The highest BCUT2D eigenvalue weighted by atomic mass is 16.5. The summed E-state index contributed by atoms with van der Waals surface area (Å²) in [7, 11) is 0. The van der Waals surface area contributed by atoms with Crippen LogP contribution in [0.15, 0.2) is 30.3 Å². The van der Waals surface area contributed by atoms with Crippen LogP contribution in [0.1, 0.15) is 18.4 Å². The van der Waals surface area contributed by atoms with Crippen molar-refractivity contribution in [2.75, 3.05) is 6.61 Å². The molecule has 0 aliphatic carbocycles. The van der Waals surface area contributed by atoms with E-state index in [0.717, 1.165) is 12.0 Å². The summed E-state index contributed by atoms with van der Waals surface area (Å²) in [6, 6.07) is 10.00. The van der Waals surface area contributed by atoms with Crippen molar-refractivity contribution in [2.24, 2.45) is 5.84 Å². The predicted molar refractivity (Wildman–Crippen MR) is 60.2 cm³/mol. The molecule has 0 aromatic heterocycles. The Hall–Kier alpha value is -1.39. The Morgan fingerprint density at radius 1 is 1.38 bits per heavy atom. The van der Waals surface area contributed by atoms with Crippen molar-refractivity contribution in [1.29, 1.82) is 0 Å². The maximum Gasteiger partial charge on any atom is 0.236 e. The second-order valence-electron chi connectivity index (χ2n) is 3.99. The zero-order valence-corrected chi connectivity index (χ0v) is 9.13. The number of carbonyl (C=O) groups excluding carboxylic acids is 1. The Morgan fingerprint density at radius 3 is 2.75 bits per heavy atom. The van der Waals surface area contributed by atoms with Crippen LogP contribution < -0.4 is 5.84 Å². The van der Waals surface area contributed by atoms with Crippen LogP contribution in [0.4, 0.5) is 0 Å². The Labute approximate surface area is 95.0 Å². The van der Waals surface area contributed by atoms with Gasteiger partial charge in [0.15, 0.2) is 0 Å². The van der Waals surface area contributed by atoms with E-state index in [9.17, 15) is 4.79 Å². The van der Waals surface area contributed by atoms with Crippen LogP contribution in [-0.2, 0) is 16.1 Å². The third kappa shape index (κ3) is 2.59. The molecule has 1 fully saturated rings. The maximum absolute atomic E-state index is 11.2. The van der Waals surface area contributed by atoms with Gasteiger partial charge in [0.25, 0.3) is 0 Å². The molecule has 4 heteroatoms. The van der Waals surface area contributed by atoms with Crippen LogP contribution in [-0.4, -0.2) is 23.6 Å². The summed E-state index contributed by atoms with van der Waals surface area (Å²) in [5, 5.41) is 1.30. The molecular weight excluding hydrogens is 204 g/mol. The van der Waals surface area contributed by atoms with Gasteiger partial charge in [0.05, 0.1) is 19.3 Å². The summed E-state index contributed by atoms with van der Waals surface area (Å²) < 4.78 is 5.55. The minimum atomic E-state index is 0.00770. The first-order chi connectivity index (χ1) is 7.77. The lowest BCUT2D eigenvalue weighted by Crippen LogP contribution is -2.41. The average Bonchev–Trinajstić information content (AvgIpc) is 2.62.